The fourth-order valence-corrected chi connectivity index (χ4v) is 4.43. The number of fused-ring (bicyclic) bond motifs is 1. The number of carbonyl (C=O) groups is 2. The smallest absolute Gasteiger partial charge is 0.261 e. The second-order valence-corrected chi connectivity index (χ2v) is 8.83. The van der Waals surface area contributed by atoms with E-state index in [1.807, 2.05) is 6.07 Å². The number of likely N-dealkylation sites (tertiary alicyclic amines) is 1. The van der Waals surface area contributed by atoms with Crippen LogP contribution in [0.25, 0.3) is 0 Å². The fourth-order valence-electron chi connectivity index (χ4n) is 4.06. The molecule has 1 fully saturated rings. The third-order valence-corrected chi connectivity index (χ3v) is 6.02. The van der Waals surface area contributed by atoms with Crippen LogP contribution in [0.15, 0.2) is 22.7 Å². The molecule has 2 aliphatic rings. The number of hydrogen-bond acceptors (Lipinski definition) is 3. The average molecular weight is 379 g/mol. The Labute approximate surface area is 146 Å². The predicted octanol–water partition coefficient (Wildman–Crippen LogP) is 3.70. The van der Waals surface area contributed by atoms with E-state index in [4.69, 9.17) is 0 Å². The number of imide groups is 1. The van der Waals surface area contributed by atoms with Gasteiger partial charge in [0.15, 0.2) is 0 Å². The molecule has 0 radical (unpaired) electrons. The van der Waals surface area contributed by atoms with Gasteiger partial charge in [-0.2, -0.15) is 0 Å². The van der Waals surface area contributed by atoms with Crippen LogP contribution in [0.2, 0.25) is 0 Å². The van der Waals surface area contributed by atoms with Gasteiger partial charge in [-0.3, -0.25) is 19.4 Å². The molecule has 23 heavy (non-hydrogen) atoms. The van der Waals surface area contributed by atoms with E-state index in [-0.39, 0.29) is 28.9 Å². The summed E-state index contributed by atoms with van der Waals surface area (Å²) in [5.74, 6) is -0.314. The molecule has 2 amide bonds. The zero-order chi connectivity index (χ0) is 17.2. The molecule has 0 saturated carbocycles. The molecule has 1 aromatic rings. The highest BCUT2D eigenvalue weighted by atomic mass is 79.9. The lowest BCUT2D eigenvalue weighted by atomic mass is 9.77. The maximum absolute atomic E-state index is 12.8. The minimum Gasteiger partial charge on any atom is -0.296 e. The largest absolute Gasteiger partial charge is 0.296 e. The lowest BCUT2D eigenvalue weighted by Gasteiger charge is -2.54. The van der Waals surface area contributed by atoms with Crippen LogP contribution in [0.5, 0.6) is 0 Å². The molecule has 5 heteroatoms. The van der Waals surface area contributed by atoms with E-state index in [2.05, 4.69) is 55.6 Å². The Morgan fingerprint density at radius 2 is 1.52 bits per heavy atom. The van der Waals surface area contributed by atoms with E-state index < -0.39 is 0 Å². The molecule has 0 N–H and O–H groups in total. The first-order valence-electron chi connectivity index (χ1n) is 7.96. The molecular formula is C18H23BrN2O2. The number of amides is 2. The second kappa shape index (κ2) is 5.15. The molecule has 0 unspecified atom stereocenters. The van der Waals surface area contributed by atoms with Gasteiger partial charge < -0.3 is 0 Å². The summed E-state index contributed by atoms with van der Waals surface area (Å²) in [6.07, 6.45) is 1.58. The first-order valence-corrected chi connectivity index (χ1v) is 8.75. The van der Waals surface area contributed by atoms with Gasteiger partial charge in [0.2, 0.25) is 0 Å². The first kappa shape index (κ1) is 16.7. The fraction of sp³-hybridized carbons (Fsp3) is 0.556. The SMILES string of the molecule is CN1C(C)(C)CC(N2C(=O)c3ccc(Br)cc3C2=O)CC1(C)C. The maximum atomic E-state index is 12.8. The van der Waals surface area contributed by atoms with Crippen LogP contribution in [-0.2, 0) is 0 Å². The van der Waals surface area contributed by atoms with Gasteiger partial charge in [0.25, 0.3) is 11.8 Å². The Morgan fingerprint density at radius 1 is 1.00 bits per heavy atom. The van der Waals surface area contributed by atoms with E-state index in [0.717, 1.165) is 17.3 Å². The molecule has 1 saturated heterocycles. The zero-order valence-electron chi connectivity index (χ0n) is 14.3. The van der Waals surface area contributed by atoms with Crippen molar-refractivity contribution in [2.45, 2.75) is 57.7 Å². The average Bonchev–Trinajstić information content (AvgIpc) is 2.67. The number of nitrogens with zero attached hydrogens (tertiary/aromatic N) is 2. The van der Waals surface area contributed by atoms with Gasteiger partial charge in [0.05, 0.1) is 11.1 Å². The Balaban J connectivity index is 1.97. The van der Waals surface area contributed by atoms with Crippen molar-refractivity contribution in [2.75, 3.05) is 7.05 Å². The number of carbonyl (C=O) groups excluding carboxylic acids is 2. The summed E-state index contributed by atoms with van der Waals surface area (Å²) in [6.45, 7) is 8.71. The predicted molar refractivity (Wildman–Crippen MR) is 93.6 cm³/mol. The molecule has 2 heterocycles. The third-order valence-electron chi connectivity index (χ3n) is 5.53. The molecule has 2 aliphatic heterocycles. The van der Waals surface area contributed by atoms with Crippen molar-refractivity contribution < 1.29 is 9.59 Å². The van der Waals surface area contributed by atoms with Crippen LogP contribution in [0.1, 0.15) is 61.3 Å². The molecular weight excluding hydrogens is 356 g/mol. The van der Waals surface area contributed by atoms with E-state index in [1.165, 1.54) is 4.90 Å². The van der Waals surface area contributed by atoms with Gasteiger partial charge in [-0.1, -0.05) is 15.9 Å². The number of halogens is 1. The summed E-state index contributed by atoms with van der Waals surface area (Å²) >= 11 is 3.38. The van der Waals surface area contributed by atoms with Crippen LogP contribution < -0.4 is 0 Å². The van der Waals surface area contributed by atoms with Crippen LogP contribution in [0.4, 0.5) is 0 Å². The maximum Gasteiger partial charge on any atom is 0.261 e. The molecule has 0 bridgehead atoms. The monoisotopic (exact) mass is 378 g/mol. The number of benzene rings is 1. The molecule has 1 aromatic carbocycles. The van der Waals surface area contributed by atoms with E-state index in [0.29, 0.717) is 11.1 Å². The van der Waals surface area contributed by atoms with Crippen LogP contribution in [-0.4, -0.2) is 45.8 Å². The van der Waals surface area contributed by atoms with Crippen molar-refractivity contribution in [3.63, 3.8) is 0 Å². The minimum atomic E-state index is -0.160. The molecule has 3 rings (SSSR count). The van der Waals surface area contributed by atoms with Gasteiger partial charge in [-0.15, -0.1) is 0 Å². The van der Waals surface area contributed by atoms with Crippen molar-refractivity contribution in [3.05, 3.63) is 33.8 Å². The third kappa shape index (κ3) is 2.54. The van der Waals surface area contributed by atoms with Crippen LogP contribution in [0, 0.1) is 0 Å². The van der Waals surface area contributed by atoms with Gasteiger partial charge in [0.1, 0.15) is 0 Å². The lowest BCUT2D eigenvalue weighted by Crippen LogP contribution is -2.63. The number of piperidine rings is 1. The Bertz CT molecular complexity index is 678. The van der Waals surface area contributed by atoms with Gasteiger partial charge in [0, 0.05) is 21.6 Å². The molecule has 0 spiro atoms. The zero-order valence-corrected chi connectivity index (χ0v) is 15.9. The number of rotatable bonds is 1. The Hall–Kier alpha value is -1.20. The summed E-state index contributed by atoms with van der Waals surface area (Å²) in [6, 6.07) is 5.24. The van der Waals surface area contributed by atoms with Crippen molar-refractivity contribution in [3.8, 4) is 0 Å². The number of hydrogen-bond donors (Lipinski definition) is 0. The molecule has 0 aliphatic carbocycles. The van der Waals surface area contributed by atoms with Crippen molar-refractivity contribution in [1.82, 2.24) is 9.80 Å². The van der Waals surface area contributed by atoms with Crippen LogP contribution in [0.3, 0.4) is 0 Å². The highest BCUT2D eigenvalue weighted by Gasteiger charge is 2.49. The van der Waals surface area contributed by atoms with Crippen LogP contribution >= 0.6 is 15.9 Å². The second-order valence-electron chi connectivity index (χ2n) is 7.92. The van der Waals surface area contributed by atoms with Crippen molar-refractivity contribution in [2.24, 2.45) is 0 Å². The van der Waals surface area contributed by atoms with E-state index in [1.54, 1.807) is 12.1 Å². The molecule has 0 atom stereocenters. The van der Waals surface area contributed by atoms with Crippen molar-refractivity contribution >= 4 is 27.7 Å². The van der Waals surface area contributed by atoms with E-state index >= 15 is 0 Å². The summed E-state index contributed by atoms with van der Waals surface area (Å²) in [5, 5.41) is 0. The first-order chi connectivity index (χ1) is 10.5. The normalized spacial score (nSPS) is 24.2. The summed E-state index contributed by atoms with van der Waals surface area (Å²) in [7, 11) is 2.12. The highest BCUT2D eigenvalue weighted by molar-refractivity contribution is 9.10. The summed E-state index contributed by atoms with van der Waals surface area (Å²) in [5.41, 5.74) is 0.900. The Kier molecular flexibility index (Phi) is 3.73. The molecule has 4 nitrogen and oxygen atoms in total. The standard InChI is InChI=1S/C18H23BrN2O2/c1-17(2)9-12(10-18(3,4)20(17)5)21-15(22)13-7-6-11(19)8-14(13)16(21)23/h6-8,12H,9-10H2,1-5H3. The summed E-state index contributed by atoms with van der Waals surface area (Å²) in [4.78, 5) is 29.5. The summed E-state index contributed by atoms with van der Waals surface area (Å²) < 4.78 is 0.822. The van der Waals surface area contributed by atoms with E-state index in [9.17, 15) is 9.59 Å². The molecule has 124 valence electrons. The highest BCUT2D eigenvalue weighted by Crippen LogP contribution is 2.41. The van der Waals surface area contributed by atoms with Crippen molar-refractivity contribution in [1.29, 1.82) is 0 Å². The van der Waals surface area contributed by atoms with Gasteiger partial charge >= 0.3 is 0 Å². The quantitative estimate of drug-likeness (QED) is 0.699. The topological polar surface area (TPSA) is 40.6 Å². The Morgan fingerprint density at radius 3 is 2.09 bits per heavy atom. The van der Waals surface area contributed by atoms with Gasteiger partial charge in [-0.05, 0) is 65.8 Å². The van der Waals surface area contributed by atoms with Gasteiger partial charge in [-0.25, -0.2) is 0 Å². The molecule has 0 aromatic heterocycles. The minimum absolute atomic E-state index is 0.0671. The lowest BCUT2D eigenvalue weighted by molar-refractivity contribution is -0.0362.